The predicted molar refractivity (Wildman–Crippen MR) is 90.4 cm³/mol. The molecule has 5 nitrogen and oxygen atoms in total. The molecule has 0 fully saturated rings. The zero-order chi connectivity index (χ0) is 16.2. The zero-order valence-electron chi connectivity index (χ0n) is 13.0. The number of aryl methyl sites for hydroxylation is 2. The van der Waals surface area contributed by atoms with Gasteiger partial charge < -0.3 is 10.2 Å². The Labute approximate surface area is 139 Å². The van der Waals surface area contributed by atoms with Crippen LogP contribution in [0.4, 0.5) is 5.69 Å². The summed E-state index contributed by atoms with van der Waals surface area (Å²) in [5, 5.41) is 5.75. The quantitative estimate of drug-likeness (QED) is 0.937. The Balaban J connectivity index is 1.68. The smallest absolute Gasteiger partial charge is 0.240 e. The number of nitrogens with one attached hydrogen (secondary N) is 1. The van der Waals surface area contributed by atoms with Gasteiger partial charge in [-0.15, -0.1) is 11.3 Å². The molecule has 1 N–H and O–H groups in total. The molecule has 0 saturated carbocycles. The van der Waals surface area contributed by atoms with E-state index in [0.717, 1.165) is 34.8 Å². The van der Waals surface area contributed by atoms with Crippen LogP contribution < -0.4 is 10.2 Å². The minimum Gasteiger partial charge on any atom is -0.349 e. The summed E-state index contributed by atoms with van der Waals surface area (Å²) < 4.78 is 0. The van der Waals surface area contributed by atoms with Crippen LogP contribution in [0.25, 0.3) is 0 Å². The van der Waals surface area contributed by atoms with Crippen molar-refractivity contribution in [3.8, 4) is 0 Å². The third-order valence-corrected chi connectivity index (χ3v) is 4.68. The number of hydrogen-bond acceptors (Lipinski definition) is 4. The number of hydrogen-bond donors (Lipinski definition) is 1. The highest BCUT2D eigenvalue weighted by Gasteiger charge is 2.23. The van der Waals surface area contributed by atoms with Gasteiger partial charge in [0.1, 0.15) is 6.54 Å². The van der Waals surface area contributed by atoms with Crippen molar-refractivity contribution >= 4 is 28.8 Å². The lowest BCUT2D eigenvalue weighted by Crippen LogP contribution is -2.40. The molecule has 120 valence electrons. The first-order valence-electron chi connectivity index (χ1n) is 7.69. The van der Waals surface area contributed by atoms with Crippen molar-refractivity contribution in [2.75, 3.05) is 11.4 Å². The normalized spacial score (nSPS) is 14.3. The van der Waals surface area contributed by atoms with Crippen LogP contribution in [-0.2, 0) is 22.6 Å². The van der Waals surface area contributed by atoms with Gasteiger partial charge in [0, 0.05) is 17.5 Å². The maximum Gasteiger partial charge on any atom is 0.240 e. The van der Waals surface area contributed by atoms with Gasteiger partial charge in [-0.25, -0.2) is 4.98 Å². The summed E-state index contributed by atoms with van der Waals surface area (Å²) in [6, 6.07) is 7.81. The number of para-hydroxylation sites is 1. The van der Waals surface area contributed by atoms with E-state index in [4.69, 9.17) is 0 Å². The lowest BCUT2D eigenvalue weighted by molar-refractivity contribution is -0.123. The van der Waals surface area contributed by atoms with Gasteiger partial charge in [0.2, 0.25) is 11.8 Å². The van der Waals surface area contributed by atoms with Crippen LogP contribution in [0.5, 0.6) is 0 Å². The third kappa shape index (κ3) is 3.76. The van der Waals surface area contributed by atoms with Crippen LogP contribution >= 0.6 is 11.3 Å². The Bertz CT molecular complexity index is 726. The predicted octanol–water partition coefficient (Wildman–Crippen LogP) is 2.44. The van der Waals surface area contributed by atoms with Crippen molar-refractivity contribution in [2.45, 2.75) is 32.7 Å². The first-order chi connectivity index (χ1) is 11.1. The average Bonchev–Trinajstić information content (AvgIpc) is 2.89. The van der Waals surface area contributed by atoms with Crippen LogP contribution in [0, 0.1) is 6.92 Å². The van der Waals surface area contributed by atoms with E-state index in [1.807, 2.05) is 36.6 Å². The lowest BCUT2D eigenvalue weighted by Gasteiger charge is -2.22. The minimum atomic E-state index is -0.166. The number of benzene rings is 1. The maximum absolute atomic E-state index is 12.3. The van der Waals surface area contributed by atoms with E-state index in [1.54, 1.807) is 16.2 Å². The SMILES string of the molecule is Cc1nc(CNC(=O)CN2C(=O)CCCc3ccccc32)cs1. The number of carbonyl (C=O) groups excluding carboxylic acids is 2. The highest BCUT2D eigenvalue weighted by Crippen LogP contribution is 2.26. The largest absolute Gasteiger partial charge is 0.349 e. The number of carbonyl (C=O) groups is 2. The lowest BCUT2D eigenvalue weighted by atomic mass is 10.1. The summed E-state index contributed by atoms with van der Waals surface area (Å²) in [5.41, 5.74) is 2.83. The molecule has 0 saturated heterocycles. The van der Waals surface area contributed by atoms with Crippen molar-refractivity contribution in [1.29, 1.82) is 0 Å². The molecule has 23 heavy (non-hydrogen) atoms. The molecule has 3 rings (SSSR count). The molecule has 1 aliphatic rings. The average molecular weight is 329 g/mol. The number of rotatable bonds is 4. The van der Waals surface area contributed by atoms with Crippen LogP contribution in [0.3, 0.4) is 0 Å². The molecule has 2 amide bonds. The summed E-state index contributed by atoms with van der Waals surface area (Å²) in [6.45, 7) is 2.38. The fraction of sp³-hybridized carbons (Fsp3) is 0.353. The Kier molecular flexibility index (Phi) is 4.71. The Morgan fingerprint density at radius 2 is 2.17 bits per heavy atom. The molecule has 0 unspecified atom stereocenters. The van der Waals surface area contributed by atoms with E-state index in [2.05, 4.69) is 10.3 Å². The molecule has 0 spiro atoms. The van der Waals surface area contributed by atoms with Gasteiger partial charge >= 0.3 is 0 Å². The molecular weight excluding hydrogens is 310 g/mol. The molecule has 0 radical (unpaired) electrons. The number of aromatic nitrogens is 1. The molecule has 0 atom stereocenters. The second-order valence-electron chi connectivity index (χ2n) is 5.60. The van der Waals surface area contributed by atoms with E-state index in [0.29, 0.717) is 13.0 Å². The minimum absolute atomic E-state index is 0.00889. The monoisotopic (exact) mass is 329 g/mol. The Hall–Kier alpha value is -2.21. The molecule has 0 aliphatic carbocycles. The van der Waals surface area contributed by atoms with Crippen molar-refractivity contribution in [3.63, 3.8) is 0 Å². The van der Waals surface area contributed by atoms with Gasteiger partial charge in [-0.1, -0.05) is 18.2 Å². The fourth-order valence-electron chi connectivity index (χ4n) is 2.74. The molecule has 1 aliphatic heterocycles. The highest BCUT2D eigenvalue weighted by atomic mass is 32.1. The standard InChI is InChI=1S/C17H19N3O2S/c1-12-19-14(11-23-12)9-18-16(21)10-20-15-7-3-2-5-13(15)6-4-8-17(20)22/h2-3,5,7,11H,4,6,8-10H2,1H3,(H,18,21). The molecular formula is C17H19N3O2S. The van der Waals surface area contributed by atoms with Crippen LogP contribution in [0.2, 0.25) is 0 Å². The van der Waals surface area contributed by atoms with Crippen LogP contribution in [0.15, 0.2) is 29.6 Å². The number of nitrogens with zero attached hydrogens (tertiary/aromatic N) is 2. The van der Waals surface area contributed by atoms with Crippen molar-refractivity contribution in [3.05, 3.63) is 45.9 Å². The number of thiazole rings is 1. The number of amides is 2. The van der Waals surface area contributed by atoms with Crippen molar-refractivity contribution in [1.82, 2.24) is 10.3 Å². The number of fused-ring (bicyclic) bond motifs is 1. The summed E-state index contributed by atoms with van der Waals surface area (Å²) in [4.78, 5) is 30.5. The van der Waals surface area contributed by atoms with Crippen molar-refractivity contribution < 1.29 is 9.59 Å². The topological polar surface area (TPSA) is 62.3 Å². The van der Waals surface area contributed by atoms with Crippen molar-refractivity contribution in [2.24, 2.45) is 0 Å². The molecule has 1 aromatic heterocycles. The molecule has 2 heterocycles. The van der Waals surface area contributed by atoms with E-state index in [1.165, 1.54) is 0 Å². The Morgan fingerprint density at radius 1 is 1.35 bits per heavy atom. The molecule has 2 aromatic rings. The zero-order valence-corrected chi connectivity index (χ0v) is 13.9. The molecule has 1 aromatic carbocycles. The van der Waals surface area contributed by atoms with Gasteiger partial charge in [0.25, 0.3) is 0 Å². The number of anilines is 1. The maximum atomic E-state index is 12.3. The van der Waals surface area contributed by atoms with E-state index >= 15 is 0 Å². The second kappa shape index (κ2) is 6.91. The molecule has 6 heteroatoms. The fourth-order valence-corrected chi connectivity index (χ4v) is 3.35. The summed E-state index contributed by atoms with van der Waals surface area (Å²) >= 11 is 1.56. The third-order valence-electron chi connectivity index (χ3n) is 3.86. The Morgan fingerprint density at radius 3 is 2.96 bits per heavy atom. The first-order valence-corrected chi connectivity index (χ1v) is 8.57. The van der Waals surface area contributed by atoms with E-state index in [-0.39, 0.29) is 18.4 Å². The van der Waals surface area contributed by atoms with Crippen LogP contribution in [0.1, 0.15) is 29.1 Å². The van der Waals surface area contributed by atoms with E-state index in [9.17, 15) is 9.59 Å². The second-order valence-corrected chi connectivity index (χ2v) is 6.66. The van der Waals surface area contributed by atoms with Gasteiger partial charge in [0.05, 0.1) is 17.2 Å². The van der Waals surface area contributed by atoms with Crippen LogP contribution in [-0.4, -0.2) is 23.3 Å². The van der Waals surface area contributed by atoms with Gasteiger partial charge in [-0.3, -0.25) is 9.59 Å². The summed E-state index contributed by atoms with van der Waals surface area (Å²) in [5.74, 6) is -0.157. The summed E-state index contributed by atoms with van der Waals surface area (Å²) in [7, 11) is 0. The first kappa shape index (κ1) is 15.7. The van der Waals surface area contributed by atoms with Gasteiger partial charge in [-0.2, -0.15) is 0 Å². The van der Waals surface area contributed by atoms with E-state index < -0.39 is 0 Å². The van der Waals surface area contributed by atoms with Gasteiger partial charge in [0.15, 0.2) is 0 Å². The summed E-state index contributed by atoms with van der Waals surface area (Å²) in [6.07, 6.45) is 2.18. The highest BCUT2D eigenvalue weighted by molar-refractivity contribution is 7.09. The van der Waals surface area contributed by atoms with Gasteiger partial charge in [-0.05, 0) is 31.4 Å². The molecule has 0 bridgehead atoms.